The Balaban J connectivity index is 0.00000109. The van der Waals surface area contributed by atoms with Crippen molar-refractivity contribution in [2.45, 2.75) is 50.6 Å². The lowest BCUT2D eigenvalue weighted by atomic mass is 9.58. The molecule has 2 saturated carbocycles. The lowest BCUT2D eigenvalue weighted by Crippen LogP contribution is -2.71. The molecule has 4 heteroatoms. The van der Waals surface area contributed by atoms with Crippen molar-refractivity contribution in [3.05, 3.63) is 35.9 Å². The molecule has 3 rings (SSSR count). The van der Waals surface area contributed by atoms with Gasteiger partial charge in [0, 0.05) is 13.1 Å². The normalized spacial score (nSPS) is 27.9. The summed E-state index contributed by atoms with van der Waals surface area (Å²) >= 11 is 0. The lowest BCUT2D eigenvalue weighted by molar-refractivity contribution is -0.141. The number of nitrogens with one attached hydrogen (secondary N) is 1. The van der Waals surface area contributed by atoms with Gasteiger partial charge in [-0.1, -0.05) is 44.2 Å². The van der Waals surface area contributed by atoms with E-state index >= 15 is 0 Å². The van der Waals surface area contributed by atoms with Gasteiger partial charge < -0.3 is 10.2 Å². The molecule has 1 aromatic carbocycles. The number of likely N-dealkylation sites (N-methyl/N-ethyl adjacent to an activating group) is 1. The molecule has 4 nitrogen and oxygen atoms in total. The summed E-state index contributed by atoms with van der Waals surface area (Å²) in [5.74, 6) is 0.722. The van der Waals surface area contributed by atoms with Crippen LogP contribution in [0.1, 0.15) is 45.1 Å². The molecule has 0 heterocycles. The van der Waals surface area contributed by atoms with Crippen LogP contribution in [0.2, 0.25) is 0 Å². The molecule has 140 valence electrons. The second kappa shape index (κ2) is 8.33. The minimum atomic E-state index is -0.0563. The molecule has 2 aliphatic carbocycles. The maximum absolute atomic E-state index is 11.8. The number of carbonyl (C=O) groups excluding carboxylic acids is 1. The summed E-state index contributed by atoms with van der Waals surface area (Å²) in [7, 11) is 6.30. The Hall–Kier alpha value is -1.39. The highest BCUT2D eigenvalue weighted by Crippen LogP contribution is 2.54. The summed E-state index contributed by atoms with van der Waals surface area (Å²) in [4.78, 5) is 16.2. The minimum Gasteiger partial charge on any atom is -0.338 e. The monoisotopic (exact) mass is 345 g/mol. The second-order valence-electron chi connectivity index (χ2n) is 7.60. The van der Waals surface area contributed by atoms with E-state index in [9.17, 15) is 4.79 Å². The molecule has 0 aromatic heterocycles. The van der Waals surface area contributed by atoms with Gasteiger partial charge in [-0.15, -0.1) is 0 Å². The van der Waals surface area contributed by atoms with Gasteiger partial charge in [0.2, 0.25) is 6.41 Å². The number of amides is 1. The molecule has 2 aliphatic rings. The molecule has 0 unspecified atom stereocenters. The summed E-state index contributed by atoms with van der Waals surface area (Å²) in [6, 6.07) is 10.7. The first-order valence-corrected chi connectivity index (χ1v) is 9.66. The standard InChI is InChI=1S/C19H29N3O.C2H6/c1-20-14-18(22(15-23)11-16-9-10-16)12-19(13-18,21(2)3)17-7-5-4-6-8-17;1-2/h4-8,15-16,20H,9-14H2,1-3H3;1-2H3. The Labute approximate surface area is 153 Å². The van der Waals surface area contributed by atoms with E-state index in [1.54, 1.807) is 0 Å². The highest BCUT2D eigenvalue weighted by Gasteiger charge is 2.59. The van der Waals surface area contributed by atoms with Gasteiger partial charge in [0.15, 0.2) is 0 Å². The highest BCUT2D eigenvalue weighted by atomic mass is 16.1. The van der Waals surface area contributed by atoms with Gasteiger partial charge in [-0.3, -0.25) is 9.69 Å². The number of benzene rings is 1. The Morgan fingerprint density at radius 1 is 1.16 bits per heavy atom. The number of rotatable bonds is 8. The number of nitrogens with zero attached hydrogens (tertiary/aromatic N) is 2. The van der Waals surface area contributed by atoms with Crippen molar-refractivity contribution >= 4 is 6.41 Å². The van der Waals surface area contributed by atoms with Crippen LogP contribution in [0.5, 0.6) is 0 Å². The number of hydrogen-bond acceptors (Lipinski definition) is 3. The fraction of sp³-hybridized carbons (Fsp3) is 0.667. The van der Waals surface area contributed by atoms with Crippen LogP contribution in [-0.2, 0) is 10.3 Å². The largest absolute Gasteiger partial charge is 0.338 e. The molecule has 0 saturated heterocycles. The van der Waals surface area contributed by atoms with Crippen LogP contribution < -0.4 is 5.32 Å². The fourth-order valence-electron chi connectivity index (χ4n) is 4.25. The van der Waals surface area contributed by atoms with E-state index in [1.165, 1.54) is 18.4 Å². The molecular weight excluding hydrogens is 310 g/mol. The molecule has 1 amide bonds. The highest BCUT2D eigenvalue weighted by molar-refractivity contribution is 5.51. The molecule has 25 heavy (non-hydrogen) atoms. The Kier molecular flexibility index (Phi) is 6.64. The molecule has 2 fully saturated rings. The second-order valence-corrected chi connectivity index (χ2v) is 7.60. The SMILES string of the molecule is CC.CNCC1(N(C=O)CC2CC2)CC(c2ccccc2)(N(C)C)C1. The quantitative estimate of drug-likeness (QED) is 0.736. The third-order valence-electron chi connectivity index (χ3n) is 5.80. The zero-order valence-electron chi connectivity index (χ0n) is 16.6. The molecular formula is C21H35N3O. The van der Waals surface area contributed by atoms with Crippen molar-refractivity contribution in [3.8, 4) is 0 Å². The van der Waals surface area contributed by atoms with Crippen molar-refractivity contribution in [1.29, 1.82) is 0 Å². The van der Waals surface area contributed by atoms with E-state index in [4.69, 9.17) is 0 Å². The molecule has 0 radical (unpaired) electrons. The van der Waals surface area contributed by atoms with Crippen LogP contribution in [-0.4, -0.2) is 56.0 Å². The minimum absolute atomic E-state index is 0.0307. The maximum Gasteiger partial charge on any atom is 0.210 e. The summed E-state index contributed by atoms with van der Waals surface area (Å²) in [5, 5.41) is 3.33. The number of carbonyl (C=O) groups is 1. The topological polar surface area (TPSA) is 35.6 Å². The summed E-state index contributed by atoms with van der Waals surface area (Å²) in [6.07, 6.45) is 5.61. The van der Waals surface area contributed by atoms with Gasteiger partial charge in [-0.05, 0) is 58.3 Å². The van der Waals surface area contributed by atoms with E-state index in [0.29, 0.717) is 0 Å². The predicted octanol–water partition coefficient (Wildman–Crippen LogP) is 3.09. The lowest BCUT2D eigenvalue weighted by Gasteiger charge is -2.62. The summed E-state index contributed by atoms with van der Waals surface area (Å²) in [5.41, 5.74) is 1.33. The Morgan fingerprint density at radius 3 is 2.20 bits per heavy atom. The van der Waals surface area contributed by atoms with E-state index in [1.807, 2.05) is 20.9 Å². The summed E-state index contributed by atoms with van der Waals surface area (Å²) in [6.45, 7) is 5.78. The van der Waals surface area contributed by atoms with Gasteiger partial charge in [-0.2, -0.15) is 0 Å². The third kappa shape index (κ3) is 3.90. The average molecular weight is 346 g/mol. The van der Waals surface area contributed by atoms with Crippen molar-refractivity contribution in [2.24, 2.45) is 5.92 Å². The molecule has 1 aromatic rings. The number of hydrogen-bond donors (Lipinski definition) is 1. The smallest absolute Gasteiger partial charge is 0.210 e. The van der Waals surface area contributed by atoms with Crippen molar-refractivity contribution in [3.63, 3.8) is 0 Å². The Bertz CT molecular complexity index is 533. The van der Waals surface area contributed by atoms with E-state index in [-0.39, 0.29) is 11.1 Å². The Morgan fingerprint density at radius 2 is 1.76 bits per heavy atom. The molecule has 0 atom stereocenters. The van der Waals surface area contributed by atoms with Crippen LogP contribution in [0.3, 0.4) is 0 Å². The van der Waals surface area contributed by atoms with Crippen LogP contribution in [0.4, 0.5) is 0 Å². The van der Waals surface area contributed by atoms with Crippen molar-refractivity contribution < 1.29 is 4.79 Å². The molecule has 0 bridgehead atoms. The fourth-order valence-corrected chi connectivity index (χ4v) is 4.25. The predicted molar refractivity (Wildman–Crippen MR) is 105 cm³/mol. The van der Waals surface area contributed by atoms with Crippen LogP contribution in [0.15, 0.2) is 30.3 Å². The zero-order valence-corrected chi connectivity index (χ0v) is 16.6. The average Bonchev–Trinajstić information content (AvgIpc) is 3.42. The van der Waals surface area contributed by atoms with E-state index in [0.717, 1.165) is 38.3 Å². The maximum atomic E-state index is 11.8. The molecule has 0 aliphatic heterocycles. The van der Waals surface area contributed by atoms with Crippen molar-refractivity contribution in [1.82, 2.24) is 15.1 Å². The molecule has 0 spiro atoms. The first kappa shape index (κ1) is 19.9. The van der Waals surface area contributed by atoms with Gasteiger partial charge >= 0.3 is 0 Å². The van der Waals surface area contributed by atoms with Gasteiger partial charge in [0.25, 0.3) is 0 Å². The van der Waals surface area contributed by atoms with Crippen molar-refractivity contribution in [2.75, 3.05) is 34.2 Å². The first-order valence-electron chi connectivity index (χ1n) is 9.66. The van der Waals surface area contributed by atoms with Crippen LogP contribution in [0, 0.1) is 5.92 Å². The van der Waals surface area contributed by atoms with E-state index < -0.39 is 0 Å². The third-order valence-corrected chi connectivity index (χ3v) is 5.80. The van der Waals surface area contributed by atoms with Crippen LogP contribution in [0.25, 0.3) is 0 Å². The first-order chi connectivity index (χ1) is 12.1. The van der Waals surface area contributed by atoms with E-state index in [2.05, 4.69) is 59.5 Å². The zero-order chi connectivity index (χ0) is 18.5. The van der Waals surface area contributed by atoms with Gasteiger partial charge in [-0.25, -0.2) is 0 Å². The van der Waals surface area contributed by atoms with Gasteiger partial charge in [0.1, 0.15) is 0 Å². The molecule has 1 N–H and O–H groups in total. The van der Waals surface area contributed by atoms with Gasteiger partial charge in [0.05, 0.1) is 11.1 Å². The summed E-state index contributed by atoms with van der Waals surface area (Å²) < 4.78 is 0. The van der Waals surface area contributed by atoms with Crippen LogP contribution >= 0.6 is 0 Å².